The van der Waals surface area contributed by atoms with Gasteiger partial charge in [-0.2, -0.15) is 0 Å². The van der Waals surface area contributed by atoms with Crippen LogP contribution in [-0.4, -0.2) is 17.2 Å². The minimum atomic E-state index is -1.54. The quantitative estimate of drug-likeness (QED) is 0.423. The Kier molecular flexibility index (Phi) is 2.62. The number of nitrogens with two attached hydrogens (primary N) is 1. The van der Waals surface area contributed by atoms with Gasteiger partial charge in [-0.05, 0) is 18.6 Å². The van der Waals surface area contributed by atoms with Gasteiger partial charge in [0.2, 0.25) is 0 Å². The van der Waals surface area contributed by atoms with Gasteiger partial charge in [-0.3, -0.25) is 0 Å². The summed E-state index contributed by atoms with van der Waals surface area (Å²) in [7, 11) is -1.54. The first-order valence-electron chi connectivity index (χ1n) is 3.44. The van der Waals surface area contributed by atoms with Gasteiger partial charge in [0.25, 0.3) is 0 Å². The van der Waals surface area contributed by atoms with E-state index in [0.29, 0.717) is 10.7 Å². The van der Waals surface area contributed by atoms with Crippen molar-refractivity contribution in [3.63, 3.8) is 0 Å². The van der Waals surface area contributed by atoms with Crippen LogP contribution >= 0.6 is 11.6 Å². The van der Waals surface area contributed by atoms with Gasteiger partial charge in [0.15, 0.2) is 0 Å². The Morgan fingerprint density at radius 1 is 1.42 bits per heavy atom. The van der Waals surface area contributed by atoms with Crippen molar-refractivity contribution in [3.8, 4) is 0 Å². The fourth-order valence-electron chi connectivity index (χ4n) is 0.943. The second-order valence-electron chi connectivity index (χ2n) is 2.60. The molecule has 0 saturated heterocycles. The van der Waals surface area contributed by atoms with Crippen molar-refractivity contribution in [2.75, 3.05) is 5.73 Å². The van der Waals surface area contributed by atoms with Gasteiger partial charge in [0.1, 0.15) is 0 Å². The van der Waals surface area contributed by atoms with E-state index in [1.807, 2.05) is 0 Å². The second-order valence-corrected chi connectivity index (χ2v) is 3.01. The van der Waals surface area contributed by atoms with Crippen molar-refractivity contribution in [2.24, 2.45) is 0 Å². The highest BCUT2D eigenvalue weighted by atomic mass is 35.5. The number of halogens is 1. The van der Waals surface area contributed by atoms with Crippen LogP contribution in [0.15, 0.2) is 12.1 Å². The van der Waals surface area contributed by atoms with E-state index in [1.165, 1.54) is 6.07 Å². The van der Waals surface area contributed by atoms with E-state index in [-0.39, 0.29) is 5.46 Å². The fourth-order valence-corrected chi connectivity index (χ4v) is 1.11. The molecule has 0 aromatic heterocycles. The molecule has 0 unspecified atom stereocenters. The van der Waals surface area contributed by atoms with Crippen molar-refractivity contribution < 1.29 is 10.0 Å². The van der Waals surface area contributed by atoms with E-state index in [1.54, 1.807) is 13.0 Å². The molecule has 1 rings (SSSR count). The Morgan fingerprint density at radius 3 is 2.50 bits per heavy atom. The molecular formula is C7H9BClNO2. The lowest BCUT2D eigenvalue weighted by atomic mass is 9.78. The molecule has 0 aliphatic heterocycles. The molecule has 0 aliphatic rings. The number of rotatable bonds is 1. The minimum absolute atomic E-state index is 0.289. The zero-order valence-corrected chi connectivity index (χ0v) is 7.34. The highest BCUT2D eigenvalue weighted by molar-refractivity contribution is 6.60. The Bertz CT molecular complexity index is 304. The largest absolute Gasteiger partial charge is 0.490 e. The van der Waals surface area contributed by atoms with Crippen molar-refractivity contribution in [1.82, 2.24) is 0 Å². The van der Waals surface area contributed by atoms with Gasteiger partial charge in [0, 0.05) is 16.2 Å². The highest BCUT2D eigenvalue weighted by Crippen LogP contribution is 2.16. The van der Waals surface area contributed by atoms with Crippen LogP contribution in [0.4, 0.5) is 5.69 Å². The van der Waals surface area contributed by atoms with Crippen LogP contribution < -0.4 is 11.2 Å². The summed E-state index contributed by atoms with van der Waals surface area (Å²) >= 11 is 5.75. The molecule has 0 saturated carbocycles. The van der Waals surface area contributed by atoms with Crippen molar-refractivity contribution in [3.05, 3.63) is 22.7 Å². The number of hydrogen-bond acceptors (Lipinski definition) is 3. The summed E-state index contributed by atoms with van der Waals surface area (Å²) in [5.41, 5.74) is 6.84. The molecule has 0 amide bonds. The maximum Gasteiger partial charge on any atom is 0.490 e. The summed E-state index contributed by atoms with van der Waals surface area (Å²) < 4.78 is 0. The summed E-state index contributed by atoms with van der Waals surface area (Å²) in [4.78, 5) is 0. The Hall–Kier alpha value is -0.705. The van der Waals surface area contributed by atoms with Gasteiger partial charge in [-0.25, -0.2) is 0 Å². The Morgan fingerprint density at radius 2 is 2.00 bits per heavy atom. The van der Waals surface area contributed by atoms with E-state index >= 15 is 0 Å². The van der Waals surface area contributed by atoms with E-state index < -0.39 is 7.12 Å². The first-order valence-corrected chi connectivity index (χ1v) is 3.82. The molecule has 0 fully saturated rings. The summed E-state index contributed by atoms with van der Waals surface area (Å²) in [6.07, 6.45) is 0. The third-order valence-corrected chi connectivity index (χ3v) is 2.05. The van der Waals surface area contributed by atoms with Crippen LogP contribution in [0.1, 0.15) is 5.56 Å². The summed E-state index contributed by atoms with van der Waals surface area (Å²) in [5.74, 6) is 0. The molecule has 1 aromatic carbocycles. The average molecular weight is 185 g/mol. The number of nitrogen functional groups attached to an aromatic ring is 1. The average Bonchev–Trinajstić information content (AvgIpc) is 1.96. The molecular weight excluding hydrogens is 176 g/mol. The fraction of sp³-hybridized carbons (Fsp3) is 0.143. The molecule has 0 spiro atoms. The SMILES string of the molecule is Cc1cc(B(O)O)c(N)cc1Cl. The predicted octanol–water partition coefficient (Wildman–Crippen LogP) is -0.0896. The van der Waals surface area contributed by atoms with E-state index in [2.05, 4.69) is 0 Å². The van der Waals surface area contributed by atoms with E-state index in [0.717, 1.165) is 5.56 Å². The molecule has 12 heavy (non-hydrogen) atoms. The minimum Gasteiger partial charge on any atom is -0.423 e. The molecule has 5 heteroatoms. The first-order chi connectivity index (χ1) is 5.52. The summed E-state index contributed by atoms with van der Waals surface area (Å²) in [6.45, 7) is 1.77. The lowest BCUT2D eigenvalue weighted by Gasteiger charge is -2.06. The van der Waals surface area contributed by atoms with Crippen LogP contribution in [-0.2, 0) is 0 Å². The smallest absolute Gasteiger partial charge is 0.423 e. The molecule has 3 nitrogen and oxygen atoms in total. The number of benzene rings is 1. The van der Waals surface area contributed by atoms with Gasteiger partial charge in [-0.1, -0.05) is 17.7 Å². The zero-order chi connectivity index (χ0) is 9.30. The number of anilines is 1. The van der Waals surface area contributed by atoms with Crippen molar-refractivity contribution in [1.29, 1.82) is 0 Å². The highest BCUT2D eigenvalue weighted by Gasteiger charge is 2.15. The molecule has 0 heterocycles. The van der Waals surface area contributed by atoms with E-state index in [4.69, 9.17) is 27.4 Å². The van der Waals surface area contributed by atoms with E-state index in [9.17, 15) is 0 Å². The van der Waals surface area contributed by atoms with Gasteiger partial charge in [-0.15, -0.1) is 0 Å². The van der Waals surface area contributed by atoms with Gasteiger partial charge < -0.3 is 15.8 Å². The van der Waals surface area contributed by atoms with Crippen molar-refractivity contribution >= 4 is 29.9 Å². The normalized spacial score (nSPS) is 10.0. The van der Waals surface area contributed by atoms with Crippen LogP contribution in [0.3, 0.4) is 0 Å². The lowest BCUT2D eigenvalue weighted by molar-refractivity contribution is 0.426. The molecule has 0 atom stereocenters. The van der Waals surface area contributed by atoms with Crippen LogP contribution in [0.5, 0.6) is 0 Å². The molecule has 64 valence electrons. The number of hydrogen-bond donors (Lipinski definition) is 3. The zero-order valence-electron chi connectivity index (χ0n) is 6.58. The lowest BCUT2D eigenvalue weighted by Crippen LogP contribution is -2.32. The van der Waals surface area contributed by atoms with Gasteiger partial charge >= 0.3 is 7.12 Å². The third kappa shape index (κ3) is 1.72. The predicted molar refractivity (Wildman–Crippen MR) is 50.4 cm³/mol. The topological polar surface area (TPSA) is 66.5 Å². The summed E-state index contributed by atoms with van der Waals surface area (Å²) in [5, 5.41) is 18.2. The Labute approximate surface area is 75.9 Å². The maximum atomic E-state index is 8.85. The third-order valence-electron chi connectivity index (χ3n) is 1.64. The van der Waals surface area contributed by atoms with Gasteiger partial charge in [0.05, 0.1) is 0 Å². The summed E-state index contributed by atoms with van der Waals surface area (Å²) in [6, 6.07) is 3.06. The first kappa shape index (κ1) is 9.38. The molecule has 0 radical (unpaired) electrons. The van der Waals surface area contributed by atoms with Crippen LogP contribution in [0.25, 0.3) is 0 Å². The van der Waals surface area contributed by atoms with Crippen LogP contribution in [0.2, 0.25) is 5.02 Å². The maximum absolute atomic E-state index is 8.85. The molecule has 1 aromatic rings. The number of aryl methyl sites for hydroxylation is 1. The molecule has 0 bridgehead atoms. The standard InChI is InChI=1S/C7H9BClNO2/c1-4-2-5(8(11)12)7(10)3-6(4)9/h2-3,11-12H,10H2,1H3. The molecule has 4 N–H and O–H groups in total. The molecule has 0 aliphatic carbocycles. The second kappa shape index (κ2) is 3.35. The monoisotopic (exact) mass is 185 g/mol. The Balaban J connectivity index is 3.23. The van der Waals surface area contributed by atoms with Crippen LogP contribution in [0, 0.1) is 6.92 Å². The van der Waals surface area contributed by atoms with Crippen molar-refractivity contribution in [2.45, 2.75) is 6.92 Å².